The summed E-state index contributed by atoms with van der Waals surface area (Å²) in [7, 11) is 0. The van der Waals surface area contributed by atoms with E-state index in [4.69, 9.17) is 9.47 Å². The fourth-order valence-electron chi connectivity index (χ4n) is 2.27. The molecule has 0 amide bonds. The zero-order chi connectivity index (χ0) is 13.9. The molecule has 0 aliphatic carbocycles. The number of carbonyl (C=O) groups is 1. The number of rotatable bonds is 4. The van der Waals surface area contributed by atoms with Crippen molar-refractivity contribution in [2.75, 3.05) is 0 Å². The summed E-state index contributed by atoms with van der Waals surface area (Å²) in [4.78, 5) is 12.0. The summed E-state index contributed by atoms with van der Waals surface area (Å²) in [5.41, 5.74) is 1.69. The smallest absolute Gasteiger partial charge is 0.338 e. The van der Waals surface area contributed by atoms with E-state index in [0.717, 1.165) is 5.56 Å². The predicted octanol–water partition coefficient (Wildman–Crippen LogP) is 3.37. The zero-order valence-electron chi connectivity index (χ0n) is 11.2. The first-order valence-corrected chi connectivity index (χ1v) is 6.72. The van der Waals surface area contributed by atoms with E-state index in [9.17, 15) is 4.79 Å². The van der Waals surface area contributed by atoms with E-state index in [-0.39, 0.29) is 24.3 Å². The van der Waals surface area contributed by atoms with Crippen LogP contribution in [0.2, 0.25) is 0 Å². The topological polar surface area (TPSA) is 38.8 Å². The maximum Gasteiger partial charge on any atom is 0.338 e. The van der Waals surface area contributed by atoms with Crippen LogP contribution < -0.4 is 0 Å². The van der Waals surface area contributed by atoms with E-state index in [0.29, 0.717) is 5.56 Å². The number of benzene rings is 2. The van der Waals surface area contributed by atoms with Crippen molar-refractivity contribution >= 4 is 5.97 Å². The summed E-state index contributed by atoms with van der Waals surface area (Å²) in [6.07, 6.45) is -0.271. The van der Waals surface area contributed by atoms with Gasteiger partial charge in [0.05, 0.1) is 5.56 Å². The molecule has 1 aliphatic heterocycles. The van der Waals surface area contributed by atoms with Gasteiger partial charge in [0.1, 0.15) is 18.3 Å². The second kappa shape index (κ2) is 5.47. The van der Waals surface area contributed by atoms with Crippen LogP contribution in [-0.4, -0.2) is 18.2 Å². The molecule has 0 bridgehead atoms. The van der Waals surface area contributed by atoms with E-state index in [1.165, 1.54) is 0 Å². The lowest BCUT2D eigenvalue weighted by Crippen LogP contribution is -2.20. The van der Waals surface area contributed by atoms with E-state index in [1.807, 2.05) is 55.5 Å². The van der Waals surface area contributed by atoms with Gasteiger partial charge in [0.25, 0.3) is 0 Å². The molecule has 0 unspecified atom stereocenters. The first-order valence-electron chi connectivity index (χ1n) is 6.72. The lowest BCUT2D eigenvalue weighted by Gasteiger charge is -2.10. The van der Waals surface area contributed by atoms with Crippen LogP contribution in [0.15, 0.2) is 60.7 Å². The third-order valence-electron chi connectivity index (χ3n) is 3.42. The highest BCUT2D eigenvalue weighted by molar-refractivity contribution is 5.89. The molecule has 0 saturated carbocycles. The SMILES string of the molecule is C[C@H](OC(=O)c1ccccc1)[C@H]1O[C@H]1c1ccccc1. The van der Waals surface area contributed by atoms with Gasteiger partial charge in [0.15, 0.2) is 0 Å². The van der Waals surface area contributed by atoms with Crippen molar-refractivity contribution in [3.8, 4) is 0 Å². The fraction of sp³-hybridized carbons (Fsp3) is 0.235. The summed E-state index contributed by atoms with van der Waals surface area (Å²) in [6.45, 7) is 1.87. The Hall–Kier alpha value is -2.13. The first-order chi connectivity index (χ1) is 9.75. The molecule has 0 aromatic heterocycles. The van der Waals surface area contributed by atoms with Crippen LogP contribution in [0.1, 0.15) is 28.9 Å². The van der Waals surface area contributed by atoms with Gasteiger partial charge >= 0.3 is 5.97 Å². The highest BCUT2D eigenvalue weighted by Gasteiger charge is 2.45. The molecule has 0 radical (unpaired) electrons. The zero-order valence-corrected chi connectivity index (χ0v) is 11.2. The first kappa shape index (κ1) is 12.9. The van der Waals surface area contributed by atoms with Crippen molar-refractivity contribution in [3.63, 3.8) is 0 Å². The van der Waals surface area contributed by atoms with Gasteiger partial charge in [0.2, 0.25) is 0 Å². The average molecular weight is 268 g/mol. The molecular weight excluding hydrogens is 252 g/mol. The number of esters is 1. The minimum atomic E-state index is -0.305. The average Bonchev–Trinajstić information content (AvgIpc) is 3.29. The number of hydrogen-bond acceptors (Lipinski definition) is 3. The van der Waals surface area contributed by atoms with Gasteiger partial charge in [-0.05, 0) is 24.6 Å². The molecule has 0 N–H and O–H groups in total. The molecule has 20 heavy (non-hydrogen) atoms. The minimum absolute atomic E-state index is 0.0368. The molecule has 3 atom stereocenters. The molecular formula is C17H16O3. The van der Waals surface area contributed by atoms with Crippen molar-refractivity contribution in [1.29, 1.82) is 0 Å². The molecule has 1 heterocycles. The van der Waals surface area contributed by atoms with Gasteiger partial charge in [-0.15, -0.1) is 0 Å². The molecule has 3 rings (SSSR count). The second-order valence-corrected chi connectivity index (χ2v) is 4.91. The van der Waals surface area contributed by atoms with Crippen LogP contribution in [0.3, 0.4) is 0 Å². The van der Waals surface area contributed by atoms with E-state index < -0.39 is 0 Å². The van der Waals surface area contributed by atoms with Crippen LogP contribution in [-0.2, 0) is 9.47 Å². The predicted molar refractivity (Wildman–Crippen MR) is 75.4 cm³/mol. The molecule has 102 valence electrons. The van der Waals surface area contributed by atoms with Crippen molar-refractivity contribution in [2.45, 2.75) is 25.2 Å². The summed E-state index contributed by atoms with van der Waals surface area (Å²) in [6, 6.07) is 19.0. The Morgan fingerprint density at radius 2 is 1.65 bits per heavy atom. The second-order valence-electron chi connectivity index (χ2n) is 4.91. The normalized spacial score (nSPS) is 22.1. The molecule has 3 heteroatoms. The molecule has 1 aliphatic rings. The van der Waals surface area contributed by atoms with E-state index in [1.54, 1.807) is 12.1 Å². The summed E-state index contributed by atoms with van der Waals surface area (Å²) < 4.78 is 11.1. The Morgan fingerprint density at radius 3 is 2.30 bits per heavy atom. The Labute approximate surface area is 118 Å². The lowest BCUT2D eigenvalue weighted by atomic mass is 10.1. The maximum atomic E-state index is 12.0. The monoisotopic (exact) mass is 268 g/mol. The van der Waals surface area contributed by atoms with E-state index in [2.05, 4.69) is 0 Å². The third kappa shape index (κ3) is 2.73. The third-order valence-corrected chi connectivity index (χ3v) is 3.42. The maximum absolute atomic E-state index is 12.0. The lowest BCUT2D eigenvalue weighted by molar-refractivity contribution is 0.0278. The largest absolute Gasteiger partial charge is 0.456 e. The van der Waals surface area contributed by atoms with Gasteiger partial charge in [-0.2, -0.15) is 0 Å². The van der Waals surface area contributed by atoms with Gasteiger partial charge in [-0.3, -0.25) is 0 Å². The molecule has 0 spiro atoms. The molecule has 2 aromatic rings. The van der Waals surface area contributed by atoms with Crippen LogP contribution in [0.25, 0.3) is 0 Å². The van der Waals surface area contributed by atoms with Crippen molar-refractivity contribution in [1.82, 2.24) is 0 Å². The Morgan fingerprint density at radius 1 is 1.05 bits per heavy atom. The highest BCUT2D eigenvalue weighted by Crippen LogP contribution is 2.41. The molecule has 2 aromatic carbocycles. The van der Waals surface area contributed by atoms with Crippen LogP contribution in [0, 0.1) is 0 Å². The number of epoxide rings is 1. The van der Waals surface area contributed by atoms with Crippen LogP contribution >= 0.6 is 0 Å². The summed E-state index contributed by atoms with van der Waals surface area (Å²) >= 11 is 0. The Kier molecular flexibility index (Phi) is 3.52. The van der Waals surface area contributed by atoms with Gasteiger partial charge in [-0.25, -0.2) is 4.79 Å². The van der Waals surface area contributed by atoms with Crippen LogP contribution in [0.4, 0.5) is 0 Å². The van der Waals surface area contributed by atoms with Crippen molar-refractivity contribution < 1.29 is 14.3 Å². The summed E-state index contributed by atoms with van der Waals surface area (Å²) in [5.74, 6) is -0.305. The fourth-order valence-corrected chi connectivity index (χ4v) is 2.27. The van der Waals surface area contributed by atoms with E-state index >= 15 is 0 Å². The minimum Gasteiger partial charge on any atom is -0.456 e. The highest BCUT2D eigenvalue weighted by atomic mass is 16.6. The van der Waals surface area contributed by atoms with Crippen molar-refractivity contribution in [3.05, 3.63) is 71.8 Å². The van der Waals surface area contributed by atoms with Gasteiger partial charge in [0, 0.05) is 0 Å². The molecule has 1 saturated heterocycles. The number of carbonyl (C=O) groups excluding carboxylic acids is 1. The van der Waals surface area contributed by atoms with Gasteiger partial charge in [-0.1, -0.05) is 48.5 Å². The standard InChI is InChI=1S/C17H16O3/c1-12(19-17(18)14-10-6-3-7-11-14)15-16(20-15)13-8-4-2-5-9-13/h2-12,15-16H,1H3/t12-,15+,16-/m0/s1. The Bertz CT molecular complexity index is 580. The molecule has 1 fully saturated rings. The van der Waals surface area contributed by atoms with Crippen molar-refractivity contribution in [2.24, 2.45) is 0 Å². The quantitative estimate of drug-likeness (QED) is 0.630. The van der Waals surface area contributed by atoms with Gasteiger partial charge < -0.3 is 9.47 Å². The number of ether oxygens (including phenoxy) is 2. The summed E-state index contributed by atoms with van der Waals surface area (Å²) in [5, 5.41) is 0. The molecule has 3 nitrogen and oxygen atoms in total. The Balaban J connectivity index is 1.59. The van der Waals surface area contributed by atoms with Crippen LogP contribution in [0.5, 0.6) is 0 Å². The number of hydrogen-bond donors (Lipinski definition) is 0.